The number of Topliss-reactive ketones (excluding diaryl/α,β-unsaturated/α-hetero) is 1. The lowest BCUT2D eigenvalue weighted by molar-refractivity contribution is 0.0875. The molecule has 3 heteroatoms. The summed E-state index contributed by atoms with van der Waals surface area (Å²) in [4.78, 5) is 12.6. The van der Waals surface area contributed by atoms with Crippen LogP contribution in [0.2, 0.25) is 0 Å². The second kappa shape index (κ2) is 6.20. The Hall–Kier alpha value is -1.35. The van der Waals surface area contributed by atoms with Gasteiger partial charge in [-0.15, -0.1) is 0 Å². The van der Waals surface area contributed by atoms with E-state index >= 15 is 0 Å². The van der Waals surface area contributed by atoms with E-state index in [0.717, 1.165) is 25.7 Å². The molecule has 0 radical (unpaired) electrons. The Labute approximate surface area is 115 Å². The Morgan fingerprint density at radius 3 is 2.74 bits per heavy atom. The fraction of sp³-hybridized carbons (Fsp3) is 0.562. The maximum Gasteiger partial charge on any atom is 0.169 e. The van der Waals surface area contributed by atoms with Crippen LogP contribution in [0, 0.1) is 5.92 Å². The van der Waals surface area contributed by atoms with Gasteiger partial charge in [-0.1, -0.05) is 18.6 Å². The number of hydrogen-bond acceptors (Lipinski definition) is 3. The van der Waals surface area contributed by atoms with Gasteiger partial charge in [-0.25, -0.2) is 0 Å². The molecule has 0 spiro atoms. The van der Waals surface area contributed by atoms with Gasteiger partial charge < -0.3 is 10.5 Å². The number of para-hydroxylation sites is 1. The van der Waals surface area contributed by atoms with Crippen molar-refractivity contribution in [2.75, 3.05) is 0 Å². The summed E-state index contributed by atoms with van der Waals surface area (Å²) in [7, 11) is 0. The molecule has 3 nitrogen and oxygen atoms in total. The average Bonchev–Trinajstić information content (AvgIpc) is 2.38. The molecule has 2 rings (SSSR count). The number of hydrogen-bond donors (Lipinski definition) is 1. The highest BCUT2D eigenvalue weighted by molar-refractivity contribution is 6.00. The number of carbonyl (C=O) groups is 1. The van der Waals surface area contributed by atoms with E-state index in [1.807, 2.05) is 38.1 Å². The largest absolute Gasteiger partial charge is 0.490 e. The minimum Gasteiger partial charge on any atom is -0.490 e. The fourth-order valence-corrected chi connectivity index (χ4v) is 2.71. The number of ether oxygens (including phenoxy) is 1. The molecule has 1 aliphatic carbocycles. The average molecular weight is 261 g/mol. The summed E-state index contributed by atoms with van der Waals surface area (Å²) in [5, 5.41) is 0. The van der Waals surface area contributed by atoms with Crippen molar-refractivity contribution >= 4 is 5.78 Å². The molecule has 2 atom stereocenters. The summed E-state index contributed by atoms with van der Waals surface area (Å²) in [5.41, 5.74) is 6.68. The summed E-state index contributed by atoms with van der Waals surface area (Å²) < 4.78 is 5.73. The van der Waals surface area contributed by atoms with Crippen molar-refractivity contribution in [1.29, 1.82) is 0 Å². The van der Waals surface area contributed by atoms with Crippen molar-refractivity contribution in [3.05, 3.63) is 29.8 Å². The van der Waals surface area contributed by atoms with E-state index in [1.165, 1.54) is 0 Å². The van der Waals surface area contributed by atoms with E-state index in [1.54, 1.807) is 0 Å². The molecule has 1 saturated carbocycles. The van der Waals surface area contributed by atoms with Gasteiger partial charge in [0.15, 0.2) is 5.78 Å². The van der Waals surface area contributed by atoms with Gasteiger partial charge in [-0.3, -0.25) is 4.79 Å². The van der Waals surface area contributed by atoms with Crippen LogP contribution >= 0.6 is 0 Å². The summed E-state index contributed by atoms with van der Waals surface area (Å²) >= 11 is 0. The zero-order chi connectivity index (χ0) is 13.8. The predicted octanol–water partition coefficient (Wildman–Crippen LogP) is 3.17. The number of benzene rings is 1. The van der Waals surface area contributed by atoms with Gasteiger partial charge in [0.1, 0.15) is 5.75 Å². The van der Waals surface area contributed by atoms with Gasteiger partial charge in [0.25, 0.3) is 0 Å². The van der Waals surface area contributed by atoms with Crippen molar-refractivity contribution in [3.63, 3.8) is 0 Å². The van der Waals surface area contributed by atoms with Crippen LogP contribution in [-0.2, 0) is 0 Å². The Morgan fingerprint density at radius 2 is 2.05 bits per heavy atom. The fourth-order valence-electron chi connectivity index (χ4n) is 2.71. The molecular formula is C16H23NO2. The molecule has 19 heavy (non-hydrogen) atoms. The SMILES string of the molecule is CC(C)Oc1ccccc1C(=O)C1CCCC(N)C1. The predicted molar refractivity (Wildman–Crippen MR) is 76.5 cm³/mol. The van der Waals surface area contributed by atoms with Gasteiger partial charge in [0.2, 0.25) is 0 Å². The Balaban J connectivity index is 2.18. The molecule has 0 bridgehead atoms. The molecule has 1 aromatic rings. The quantitative estimate of drug-likeness (QED) is 0.847. The topological polar surface area (TPSA) is 52.3 Å². The monoisotopic (exact) mass is 261 g/mol. The van der Waals surface area contributed by atoms with Gasteiger partial charge in [-0.2, -0.15) is 0 Å². The van der Waals surface area contributed by atoms with E-state index in [2.05, 4.69) is 0 Å². The van der Waals surface area contributed by atoms with E-state index < -0.39 is 0 Å². The third-order valence-corrected chi connectivity index (χ3v) is 3.60. The number of rotatable bonds is 4. The molecule has 104 valence electrons. The maximum atomic E-state index is 12.6. The van der Waals surface area contributed by atoms with E-state index in [9.17, 15) is 4.79 Å². The Morgan fingerprint density at radius 1 is 1.32 bits per heavy atom. The zero-order valence-electron chi connectivity index (χ0n) is 11.8. The lowest BCUT2D eigenvalue weighted by Crippen LogP contribution is -2.31. The van der Waals surface area contributed by atoms with Crippen LogP contribution in [0.4, 0.5) is 0 Å². The third kappa shape index (κ3) is 3.57. The molecular weight excluding hydrogens is 238 g/mol. The third-order valence-electron chi connectivity index (χ3n) is 3.60. The Bertz CT molecular complexity index is 442. The van der Waals surface area contributed by atoms with Crippen LogP contribution in [0.1, 0.15) is 49.9 Å². The second-order valence-electron chi connectivity index (χ2n) is 5.65. The molecule has 1 aromatic carbocycles. The van der Waals surface area contributed by atoms with Gasteiger partial charge in [0.05, 0.1) is 11.7 Å². The highest BCUT2D eigenvalue weighted by Crippen LogP contribution is 2.30. The summed E-state index contributed by atoms with van der Waals surface area (Å²) in [6.45, 7) is 3.94. The van der Waals surface area contributed by atoms with Crippen molar-refractivity contribution in [2.24, 2.45) is 11.7 Å². The van der Waals surface area contributed by atoms with Crippen LogP contribution in [0.5, 0.6) is 5.75 Å². The first kappa shape index (κ1) is 14.1. The molecule has 1 fully saturated rings. The van der Waals surface area contributed by atoms with E-state index in [-0.39, 0.29) is 23.8 Å². The highest BCUT2D eigenvalue weighted by Gasteiger charge is 2.27. The van der Waals surface area contributed by atoms with Crippen LogP contribution in [-0.4, -0.2) is 17.9 Å². The van der Waals surface area contributed by atoms with Crippen LogP contribution in [0.3, 0.4) is 0 Å². The minimum atomic E-state index is 0.0562. The highest BCUT2D eigenvalue weighted by atomic mass is 16.5. The molecule has 0 aromatic heterocycles. The smallest absolute Gasteiger partial charge is 0.169 e. The summed E-state index contributed by atoms with van der Waals surface area (Å²) in [5.74, 6) is 0.939. The molecule has 0 saturated heterocycles. The first-order chi connectivity index (χ1) is 9.08. The lowest BCUT2D eigenvalue weighted by atomic mass is 9.81. The Kier molecular flexibility index (Phi) is 4.59. The van der Waals surface area contributed by atoms with Crippen LogP contribution in [0.15, 0.2) is 24.3 Å². The second-order valence-corrected chi connectivity index (χ2v) is 5.65. The maximum absolute atomic E-state index is 12.6. The van der Waals surface area contributed by atoms with Crippen molar-refractivity contribution < 1.29 is 9.53 Å². The van der Waals surface area contributed by atoms with Gasteiger partial charge in [-0.05, 0) is 45.2 Å². The molecule has 0 heterocycles. The van der Waals surface area contributed by atoms with Gasteiger partial charge >= 0.3 is 0 Å². The van der Waals surface area contributed by atoms with Crippen molar-refractivity contribution in [1.82, 2.24) is 0 Å². The van der Waals surface area contributed by atoms with E-state index in [4.69, 9.17) is 10.5 Å². The zero-order valence-corrected chi connectivity index (χ0v) is 11.8. The first-order valence-corrected chi connectivity index (χ1v) is 7.13. The number of carbonyl (C=O) groups excluding carboxylic acids is 1. The minimum absolute atomic E-state index is 0.0562. The van der Waals surface area contributed by atoms with Crippen LogP contribution < -0.4 is 10.5 Å². The standard InChI is InChI=1S/C16H23NO2/c1-11(2)19-15-9-4-3-8-14(15)16(18)12-6-5-7-13(17)10-12/h3-4,8-9,11-13H,5-7,10,17H2,1-2H3. The molecule has 2 unspecified atom stereocenters. The molecule has 0 aliphatic heterocycles. The molecule has 2 N–H and O–H groups in total. The first-order valence-electron chi connectivity index (χ1n) is 7.13. The van der Waals surface area contributed by atoms with Crippen molar-refractivity contribution in [2.45, 2.75) is 51.7 Å². The number of ketones is 1. The molecule has 1 aliphatic rings. The summed E-state index contributed by atoms with van der Waals surface area (Å²) in [6, 6.07) is 7.70. The van der Waals surface area contributed by atoms with Crippen LogP contribution in [0.25, 0.3) is 0 Å². The van der Waals surface area contributed by atoms with Crippen molar-refractivity contribution in [3.8, 4) is 5.75 Å². The van der Waals surface area contributed by atoms with Gasteiger partial charge in [0, 0.05) is 12.0 Å². The number of nitrogens with two attached hydrogens (primary N) is 1. The normalized spacial score (nSPS) is 23.4. The lowest BCUT2D eigenvalue weighted by Gasteiger charge is -2.26. The molecule has 0 amide bonds. The summed E-state index contributed by atoms with van der Waals surface area (Å²) in [6.07, 6.45) is 3.90. The van der Waals surface area contributed by atoms with E-state index in [0.29, 0.717) is 11.3 Å².